The van der Waals surface area contributed by atoms with Crippen molar-refractivity contribution in [2.24, 2.45) is 0 Å². The van der Waals surface area contributed by atoms with Crippen LogP contribution in [0.1, 0.15) is 32.8 Å². The van der Waals surface area contributed by atoms with E-state index in [1.165, 1.54) is 35.2 Å². The summed E-state index contributed by atoms with van der Waals surface area (Å²) in [6.07, 6.45) is 1.23. The molecule has 7 nitrogen and oxygen atoms in total. The Bertz CT molecular complexity index is 1370. The molecular weight excluding hydrogens is 557 g/mol. The van der Waals surface area contributed by atoms with Crippen LogP contribution in [0.2, 0.25) is 10.0 Å². The molecule has 0 bridgehead atoms. The lowest BCUT2D eigenvalue weighted by Crippen LogP contribution is -2.53. The fourth-order valence-corrected chi connectivity index (χ4v) is 5.65. The van der Waals surface area contributed by atoms with Crippen LogP contribution in [0.15, 0.2) is 83.8 Å². The summed E-state index contributed by atoms with van der Waals surface area (Å²) >= 11 is 12.2. The number of hydrogen-bond donors (Lipinski definition) is 1. The third kappa shape index (κ3) is 8.21. The molecule has 208 valence electrons. The van der Waals surface area contributed by atoms with E-state index in [0.29, 0.717) is 16.5 Å². The third-order valence-electron chi connectivity index (χ3n) is 6.43. The van der Waals surface area contributed by atoms with Gasteiger partial charge in [-0.3, -0.25) is 13.9 Å². The molecule has 0 aliphatic carbocycles. The van der Waals surface area contributed by atoms with Crippen LogP contribution < -0.4 is 9.62 Å². The van der Waals surface area contributed by atoms with Gasteiger partial charge in [0.1, 0.15) is 12.6 Å². The van der Waals surface area contributed by atoms with Crippen LogP contribution in [0.4, 0.5) is 5.69 Å². The van der Waals surface area contributed by atoms with Gasteiger partial charge in [-0.15, -0.1) is 0 Å². The van der Waals surface area contributed by atoms with Crippen LogP contribution in [0.5, 0.6) is 0 Å². The van der Waals surface area contributed by atoms with Crippen molar-refractivity contribution >= 4 is 50.7 Å². The summed E-state index contributed by atoms with van der Waals surface area (Å²) in [5, 5.41) is 3.62. The van der Waals surface area contributed by atoms with Crippen molar-refractivity contribution in [3.05, 3.63) is 94.5 Å². The molecule has 39 heavy (non-hydrogen) atoms. The highest BCUT2D eigenvalue weighted by Crippen LogP contribution is 2.27. The molecule has 10 heteroatoms. The Morgan fingerprint density at radius 2 is 1.56 bits per heavy atom. The molecule has 1 N–H and O–H groups in total. The van der Waals surface area contributed by atoms with Gasteiger partial charge in [-0.05, 0) is 74.7 Å². The lowest BCUT2D eigenvalue weighted by Gasteiger charge is -2.32. The number of amides is 2. The Morgan fingerprint density at radius 3 is 2.18 bits per heavy atom. The average molecular weight is 591 g/mol. The Kier molecular flexibility index (Phi) is 10.8. The van der Waals surface area contributed by atoms with Crippen LogP contribution in [-0.4, -0.2) is 50.3 Å². The molecule has 2 amide bonds. The number of sulfonamides is 1. The Balaban J connectivity index is 1.97. The van der Waals surface area contributed by atoms with E-state index in [9.17, 15) is 18.0 Å². The maximum atomic E-state index is 13.9. The minimum Gasteiger partial charge on any atom is -0.352 e. The Labute approximate surface area is 240 Å². The van der Waals surface area contributed by atoms with Crippen molar-refractivity contribution in [3.8, 4) is 0 Å². The van der Waals surface area contributed by atoms with E-state index in [0.717, 1.165) is 16.3 Å². The molecule has 3 rings (SSSR count). The van der Waals surface area contributed by atoms with E-state index in [-0.39, 0.29) is 29.1 Å². The first-order valence-corrected chi connectivity index (χ1v) is 14.9. The van der Waals surface area contributed by atoms with Gasteiger partial charge >= 0.3 is 0 Å². The number of anilines is 1. The number of carbonyl (C=O) groups is 2. The number of benzene rings is 3. The molecular formula is C29H33Cl2N3O4S. The van der Waals surface area contributed by atoms with Crippen molar-refractivity contribution in [2.45, 2.75) is 50.6 Å². The standard InChI is InChI=1S/C29H33Cl2N3O4S/c1-4-21(2)32-29(36)22(3)33(18-17-23-9-6-5-7-10-23)28(35)20-34(26-12-8-11-25(31)19-26)39(37,38)27-15-13-24(30)14-16-27/h5-16,19,21-22H,4,17-18,20H2,1-3H3,(H,32,36)/t21-,22+/m1/s1. The van der Waals surface area contributed by atoms with Gasteiger partial charge in [-0.1, -0.05) is 66.5 Å². The lowest BCUT2D eigenvalue weighted by molar-refractivity contribution is -0.139. The van der Waals surface area contributed by atoms with Crippen LogP contribution in [0, 0.1) is 0 Å². The van der Waals surface area contributed by atoms with Crippen molar-refractivity contribution in [1.82, 2.24) is 10.2 Å². The SMILES string of the molecule is CC[C@@H](C)NC(=O)[C@H](C)N(CCc1ccccc1)C(=O)CN(c1cccc(Cl)c1)S(=O)(=O)c1ccc(Cl)cc1. The van der Waals surface area contributed by atoms with E-state index in [1.807, 2.05) is 44.2 Å². The predicted octanol–water partition coefficient (Wildman–Crippen LogP) is 5.56. The molecule has 0 aliphatic heterocycles. The molecule has 0 unspecified atom stereocenters. The Morgan fingerprint density at radius 1 is 0.897 bits per heavy atom. The molecule has 0 aliphatic rings. The van der Waals surface area contributed by atoms with Gasteiger partial charge in [0, 0.05) is 22.6 Å². The summed E-state index contributed by atoms with van der Waals surface area (Å²) in [6.45, 7) is 5.19. The van der Waals surface area contributed by atoms with Crippen molar-refractivity contribution in [3.63, 3.8) is 0 Å². The molecule has 0 fully saturated rings. The monoisotopic (exact) mass is 589 g/mol. The number of rotatable bonds is 12. The zero-order valence-electron chi connectivity index (χ0n) is 22.2. The van der Waals surface area contributed by atoms with Gasteiger partial charge < -0.3 is 10.2 Å². The van der Waals surface area contributed by atoms with Gasteiger partial charge in [0.25, 0.3) is 10.0 Å². The number of hydrogen-bond acceptors (Lipinski definition) is 4. The average Bonchev–Trinajstić information content (AvgIpc) is 2.92. The first-order chi connectivity index (χ1) is 18.5. The lowest BCUT2D eigenvalue weighted by atomic mass is 10.1. The van der Waals surface area contributed by atoms with Crippen molar-refractivity contribution in [2.75, 3.05) is 17.4 Å². The quantitative estimate of drug-likeness (QED) is 0.299. The fraction of sp³-hybridized carbons (Fsp3) is 0.310. The highest BCUT2D eigenvalue weighted by Gasteiger charge is 2.32. The van der Waals surface area contributed by atoms with E-state index in [1.54, 1.807) is 25.1 Å². The summed E-state index contributed by atoms with van der Waals surface area (Å²) in [6, 6.07) is 20.7. The molecule has 3 aromatic rings. The van der Waals surface area contributed by atoms with E-state index >= 15 is 0 Å². The van der Waals surface area contributed by atoms with Gasteiger partial charge in [0.15, 0.2) is 0 Å². The van der Waals surface area contributed by atoms with Crippen LogP contribution >= 0.6 is 23.2 Å². The second-order valence-electron chi connectivity index (χ2n) is 9.26. The highest BCUT2D eigenvalue weighted by molar-refractivity contribution is 7.92. The van der Waals surface area contributed by atoms with Crippen LogP contribution in [-0.2, 0) is 26.0 Å². The van der Waals surface area contributed by atoms with E-state index < -0.39 is 28.5 Å². The molecule has 0 saturated heterocycles. The number of halogens is 2. The zero-order valence-corrected chi connectivity index (χ0v) is 24.5. The van der Waals surface area contributed by atoms with E-state index in [2.05, 4.69) is 5.32 Å². The number of nitrogens with one attached hydrogen (secondary N) is 1. The first kappa shape index (κ1) is 30.5. The van der Waals surface area contributed by atoms with Crippen molar-refractivity contribution in [1.29, 1.82) is 0 Å². The maximum absolute atomic E-state index is 13.9. The van der Waals surface area contributed by atoms with Crippen molar-refractivity contribution < 1.29 is 18.0 Å². The Hall–Kier alpha value is -3.07. The van der Waals surface area contributed by atoms with Gasteiger partial charge in [-0.25, -0.2) is 8.42 Å². The second-order valence-corrected chi connectivity index (χ2v) is 12.0. The fourth-order valence-electron chi connectivity index (χ4n) is 3.93. The minimum absolute atomic E-state index is 0.0296. The zero-order chi connectivity index (χ0) is 28.6. The summed E-state index contributed by atoms with van der Waals surface area (Å²) in [5.74, 6) is -0.823. The topological polar surface area (TPSA) is 86.8 Å². The smallest absolute Gasteiger partial charge is 0.264 e. The largest absolute Gasteiger partial charge is 0.352 e. The van der Waals surface area contributed by atoms with Gasteiger partial charge in [0.2, 0.25) is 11.8 Å². The number of nitrogens with zero attached hydrogens (tertiary/aromatic N) is 2. The summed E-state index contributed by atoms with van der Waals surface area (Å²) in [7, 11) is -4.18. The van der Waals surface area contributed by atoms with Crippen LogP contribution in [0.3, 0.4) is 0 Å². The van der Waals surface area contributed by atoms with Gasteiger partial charge in [0.05, 0.1) is 10.6 Å². The molecule has 0 radical (unpaired) electrons. The summed E-state index contributed by atoms with van der Waals surface area (Å²) < 4.78 is 28.6. The molecule has 0 aromatic heterocycles. The molecule has 0 heterocycles. The molecule has 0 saturated carbocycles. The molecule has 0 spiro atoms. The normalized spacial score (nSPS) is 12.8. The van der Waals surface area contributed by atoms with E-state index in [4.69, 9.17) is 23.2 Å². The molecule has 2 atom stereocenters. The van der Waals surface area contributed by atoms with Gasteiger partial charge in [-0.2, -0.15) is 0 Å². The maximum Gasteiger partial charge on any atom is 0.264 e. The second kappa shape index (κ2) is 13.8. The highest BCUT2D eigenvalue weighted by atomic mass is 35.5. The third-order valence-corrected chi connectivity index (χ3v) is 8.70. The molecule has 3 aromatic carbocycles. The number of carbonyl (C=O) groups excluding carboxylic acids is 2. The minimum atomic E-state index is -4.18. The first-order valence-electron chi connectivity index (χ1n) is 12.7. The summed E-state index contributed by atoms with van der Waals surface area (Å²) in [5.41, 5.74) is 1.22. The van der Waals surface area contributed by atoms with Crippen LogP contribution in [0.25, 0.3) is 0 Å². The summed E-state index contributed by atoms with van der Waals surface area (Å²) in [4.78, 5) is 28.3. The predicted molar refractivity (Wildman–Crippen MR) is 157 cm³/mol.